The second-order valence-corrected chi connectivity index (χ2v) is 6.53. The summed E-state index contributed by atoms with van der Waals surface area (Å²) >= 11 is 0. The zero-order chi connectivity index (χ0) is 14.0. The quantitative estimate of drug-likeness (QED) is 0.854. The number of nitrogens with one attached hydrogen (secondary N) is 2. The predicted molar refractivity (Wildman–Crippen MR) is 80.8 cm³/mol. The molecule has 1 heterocycles. The van der Waals surface area contributed by atoms with E-state index in [-0.39, 0.29) is 5.41 Å². The molecule has 1 aromatic heterocycles. The lowest BCUT2D eigenvalue weighted by atomic mass is 9.95. The van der Waals surface area contributed by atoms with Crippen molar-refractivity contribution in [1.29, 1.82) is 0 Å². The van der Waals surface area contributed by atoms with Crippen molar-refractivity contribution in [3.8, 4) is 0 Å². The van der Waals surface area contributed by atoms with Gasteiger partial charge in [0, 0.05) is 24.6 Å². The second kappa shape index (κ2) is 5.35. The lowest BCUT2D eigenvalue weighted by Crippen LogP contribution is -2.19. The van der Waals surface area contributed by atoms with Gasteiger partial charge >= 0.3 is 0 Å². The third-order valence-corrected chi connectivity index (χ3v) is 3.60. The molecule has 0 saturated heterocycles. The Labute approximate surface area is 116 Å². The fourth-order valence-electron chi connectivity index (χ4n) is 2.07. The summed E-state index contributed by atoms with van der Waals surface area (Å²) in [5.41, 5.74) is 1.07. The summed E-state index contributed by atoms with van der Waals surface area (Å²) < 4.78 is 0. The van der Waals surface area contributed by atoms with Crippen LogP contribution in [-0.4, -0.2) is 23.6 Å². The number of rotatable bonds is 5. The summed E-state index contributed by atoms with van der Waals surface area (Å²) in [5.74, 6) is 3.73. The van der Waals surface area contributed by atoms with Gasteiger partial charge in [-0.05, 0) is 19.3 Å². The normalized spacial score (nSPS) is 15.4. The smallest absolute Gasteiger partial charge is 0.138 e. The van der Waals surface area contributed by atoms with Crippen molar-refractivity contribution >= 4 is 11.6 Å². The topological polar surface area (TPSA) is 49.8 Å². The van der Waals surface area contributed by atoms with Crippen LogP contribution in [0.25, 0.3) is 0 Å². The Morgan fingerprint density at radius 1 is 1.16 bits per heavy atom. The molecule has 106 valence electrons. The van der Waals surface area contributed by atoms with Gasteiger partial charge < -0.3 is 10.6 Å². The number of hydrogen-bond donors (Lipinski definition) is 2. The van der Waals surface area contributed by atoms with Crippen LogP contribution < -0.4 is 10.6 Å². The van der Waals surface area contributed by atoms with Gasteiger partial charge in [-0.25, -0.2) is 9.97 Å². The average Bonchev–Trinajstić information content (AvgIpc) is 3.14. The third kappa shape index (κ3) is 3.58. The van der Waals surface area contributed by atoms with Crippen LogP contribution in [0.15, 0.2) is 0 Å². The van der Waals surface area contributed by atoms with Crippen molar-refractivity contribution < 1.29 is 0 Å². The second-order valence-electron chi connectivity index (χ2n) is 6.53. The van der Waals surface area contributed by atoms with Crippen LogP contribution >= 0.6 is 0 Å². The van der Waals surface area contributed by atoms with Gasteiger partial charge in [0.1, 0.15) is 17.5 Å². The van der Waals surface area contributed by atoms with E-state index in [0.717, 1.165) is 35.5 Å². The van der Waals surface area contributed by atoms with Crippen LogP contribution in [0.3, 0.4) is 0 Å². The average molecular weight is 262 g/mol. The van der Waals surface area contributed by atoms with E-state index < -0.39 is 0 Å². The largest absolute Gasteiger partial charge is 0.373 e. The molecule has 2 rings (SSSR count). The molecule has 1 saturated carbocycles. The minimum Gasteiger partial charge on any atom is -0.373 e. The molecule has 0 aliphatic heterocycles. The van der Waals surface area contributed by atoms with E-state index in [9.17, 15) is 0 Å². The number of aromatic nitrogens is 2. The summed E-state index contributed by atoms with van der Waals surface area (Å²) in [4.78, 5) is 9.32. The van der Waals surface area contributed by atoms with Gasteiger partial charge in [-0.3, -0.25) is 0 Å². The predicted octanol–water partition coefficient (Wildman–Crippen LogP) is 3.34. The van der Waals surface area contributed by atoms with Gasteiger partial charge in [-0.2, -0.15) is 0 Å². The Morgan fingerprint density at radius 3 is 2.32 bits per heavy atom. The van der Waals surface area contributed by atoms with E-state index >= 15 is 0 Å². The van der Waals surface area contributed by atoms with Crippen LogP contribution in [0, 0.1) is 12.8 Å². The van der Waals surface area contributed by atoms with Crippen molar-refractivity contribution in [3.63, 3.8) is 0 Å². The van der Waals surface area contributed by atoms with Crippen molar-refractivity contribution in [2.24, 2.45) is 5.92 Å². The minimum atomic E-state index is -0.0355. The van der Waals surface area contributed by atoms with Crippen LogP contribution in [0.5, 0.6) is 0 Å². The van der Waals surface area contributed by atoms with E-state index in [1.54, 1.807) is 0 Å². The van der Waals surface area contributed by atoms with E-state index in [4.69, 9.17) is 4.98 Å². The highest BCUT2D eigenvalue weighted by atomic mass is 15.1. The van der Waals surface area contributed by atoms with Crippen molar-refractivity contribution in [1.82, 2.24) is 9.97 Å². The van der Waals surface area contributed by atoms with E-state index in [0.29, 0.717) is 0 Å². The first kappa shape index (κ1) is 14.1. The Bertz CT molecular complexity index is 444. The molecule has 1 aliphatic carbocycles. The van der Waals surface area contributed by atoms with Crippen LogP contribution in [0.1, 0.15) is 51.4 Å². The first-order chi connectivity index (χ1) is 8.91. The molecule has 4 nitrogen and oxygen atoms in total. The maximum absolute atomic E-state index is 4.71. The summed E-state index contributed by atoms with van der Waals surface area (Å²) in [7, 11) is 1.91. The zero-order valence-electron chi connectivity index (χ0n) is 12.8. The van der Waals surface area contributed by atoms with Crippen molar-refractivity contribution in [2.75, 3.05) is 24.2 Å². The maximum atomic E-state index is 4.71. The monoisotopic (exact) mass is 262 g/mol. The maximum Gasteiger partial charge on any atom is 0.138 e. The molecule has 0 bridgehead atoms. The molecule has 1 fully saturated rings. The lowest BCUT2D eigenvalue weighted by Gasteiger charge is -2.20. The molecular weight excluding hydrogens is 236 g/mol. The van der Waals surface area contributed by atoms with E-state index in [2.05, 4.69) is 43.3 Å². The highest BCUT2D eigenvalue weighted by molar-refractivity contribution is 5.57. The molecule has 0 aromatic carbocycles. The highest BCUT2D eigenvalue weighted by Crippen LogP contribution is 2.32. The molecule has 4 heteroatoms. The first-order valence-electron chi connectivity index (χ1n) is 7.22. The summed E-state index contributed by atoms with van der Waals surface area (Å²) in [5, 5.41) is 6.65. The van der Waals surface area contributed by atoms with Crippen molar-refractivity contribution in [2.45, 2.75) is 52.4 Å². The van der Waals surface area contributed by atoms with Gasteiger partial charge in [-0.1, -0.05) is 33.6 Å². The standard InChI is InChI=1S/C15H26N4/c1-10-12(16-5)18-14(15(2,3)4)19-13(10)17-9-8-11-6-7-11/h11H,6-9H2,1-5H3,(H2,16,17,18,19). The Kier molecular flexibility index (Phi) is 3.97. The Balaban J connectivity index is 2.18. The summed E-state index contributed by atoms with van der Waals surface area (Å²) in [6.07, 6.45) is 4.06. The van der Waals surface area contributed by atoms with Gasteiger partial charge in [-0.15, -0.1) is 0 Å². The molecule has 0 amide bonds. The van der Waals surface area contributed by atoms with Gasteiger partial charge in [0.2, 0.25) is 0 Å². The molecule has 0 spiro atoms. The third-order valence-electron chi connectivity index (χ3n) is 3.60. The molecule has 0 atom stereocenters. The Hall–Kier alpha value is -1.32. The number of anilines is 2. The van der Waals surface area contributed by atoms with Gasteiger partial charge in [0.25, 0.3) is 0 Å². The molecule has 19 heavy (non-hydrogen) atoms. The first-order valence-corrected chi connectivity index (χ1v) is 7.22. The molecular formula is C15H26N4. The fourth-order valence-corrected chi connectivity index (χ4v) is 2.07. The number of nitrogens with zero attached hydrogens (tertiary/aromatic N) is 2. The zero-order valence-corrected chi connectivity index (χ0v) is 12.8. The molecule has 1 aliphatic rings. The summed E-state index contributed by atoms with van der Waals surface area (Å²) in [6.45, 7) is 9.51. The van der Waals surface area contributed by atoms with Crippen LogP contribution in [-0.2, 0) is 5.41 Å². The molecule has 2 N–H and O–H groups in total. The van der Waals surface area contributed by atoms with E-state index in [1.165, 1.54) is 19.3 Å². The minimum absolute atomic E-state index is 0.0355. The molecule has 1 aromatic rings. The van der Waals surface area contributed by atoms with Crippen LogP contribution in [0.2, 0.25) is 0 Å². The van der Waals surface area contributed by atoms with Gasteiger partial charge in [0.15, 0.2) is 0 Å². The Morgan fingerprint density at radius 2 is 1.79 bits per heavy atom. The number of hydrogen-bond acceptors (Lipinski definition) is 4. The lowest BCUT2D eigenvalue weighted by molar-refractivity contribution is 0.546. The SMILES string of the molecule is CNc1nc(C(C)(C)C)nc(NCCC2CC2)c1C. The van der Waals surface area contributed by atoms with Crippen LogP contribution in [0.4, 0.5) is 11.6 Å². The molecule has 0 radical (unpaired) electrons. The van der Waals surface area contributed by atoms with E-state index in [1.807, 2.05) is 7.05 Å². The van der Waals surface area contributed by atoms with Gasteiger partial charge in [0.05, 0.1) is 0 Å². The highest BCUT2D eigenvalue weighted by Gasteiger charge is 2.22. The molecule has 0 unspecified atom stereocenters. The summed E-state index contributed by atoms with van der Waals surface area (Å²) in [6, 6.07) is 0. The fraction of sp³-hybridized carbons (Fsp3) is 0.733. The van der Waals surface area contributed by atoms with Crippen molar-refractivity contribution in [3.05, 3.63) is 11.4 Å².